The number of halogens is 1. The third-order valence-corrected chi connectivity index (χ3v) is 2.30. The second-order valence-electron chi connectivity index (χ2n) is 3.52. The van der Waals surface area contributed by atoms with Gasteiger partial charge in [0.25, 0.3) is 5.91 Å². The Morgan fingerprint density at radius 2 is 2.31 bits per heavy atom. The molecule has 84 valence electrons. The molecule has 16 heavy (non-hydrogen) atoms. The minimum absolute atomic E-state index is 0.342. The van der Waals surface area contributed by atoms with Gasteiger partial charge in [0, 0.05) is 5.56 Å². The number of carbonyl (C=O) groups is 1. The Labute approximate surface area is 93.9 Å². The molecule has 0 fully saturated rings. The summed E-state index contributed by atoms with van der Waals surface area (Å²) < 4.78 is 12.8. The first-order valence-corrected chi connectivity index (χ1v) is 5.05. The average Bonchev–Trinajstić information content (AvgIpc) is 2.25. The van der Waals surface area contributed by atoms with E-state index in [9.17, 15) is 9.18 Å². The van der Waals surface area contributed by atoms with Gasteiger partial charge in [-0.05, 0) is 37.1 Å². The van der Waals surface area contributed by atoms with Gasteiger partial charge in [0.15, 0.2) is 0 Å². The molecule has 0 aliphatic carbocycles. The van der Waals surface area contributed by atoms with Gasteiger partial charge in [-0.25, -0.2) is 4.39 Å². The van der Waals surface area contributed by atoms with Gasteiger partial charge in [0.05, 0.1) is 6.07 Å². The molecule has 1 aromatic rings. The van der Waals surface area contributed by atoms with Crippen molar-refractivity contribution >= 4 is 5.91 Å². The molecule has 0 saturated heterocycles. The van der Waals surface area contributed by atoms with Gasteiger partial charge in [-0.2, -0.15) is 5.26 Å². The van der Waals surface area contributed by atoms with Crippen LogP contribution in [0.15, 0.2) is 18.2 Å². The van der Waals surface area contributed by atoms with Crippen molar-refractivity contribution in [2.45, 2.75) is 26.3 Å². The van der Waals surface area contributed by atoms with Crippen LogP contribution in [0, 0.1) is 24.1 Å². The molecule has 0 bridgehead atoms. The molecular weight excluding hydrogens is 207 g/mol. The van der Waals surface area contributed by atoms with Crippen molar-refractivity contribution in [1.82, 2.24) is 5.32 Å². The van der Waals surface area contributed by atoms with Crippen LogP contribution in [0.4, 0.5) is 4.39 Å². The monoisotopic (exact) mass is 220 g/mol. The maximum atomic E-state index is 12.8. The maximum absolute atomic E-state index is 12.8. The highest BCUT2D eigenvalue weighted by Gasteiger charge is 2.13. The highest BCUT2D eigenvalue weighted by molar-refractivity contribution is 5.95. The Balaban J connectivity index is 2.85. The van der Waals surface area contributed by atoms with Crippen LogP contribution >= 0.6 is 0 Å². The minimum Gasteiger partial charge on any atom is -0.336 e. The van der Waals surface area contributed by atoms with E-state index in [0.717, 1.165) is 0 Å². The first-order chi connectivity index (χ1) is 7.58. The SMILES string of the molecule is CCC(C#N)NC(=O)c1ccc(F)cc1C. The number of carbonyl (C=O) groups excluding carboxylic acids is 1. The highest BCUT2D eigenvalue weighted by atomic mass is 19.1. The van der Waals surface area contributed by atoms with Crippen LogP contribution in [-0.4, -0.2) is 11.9 Å². The van der Waals surface area contributed by atoms with E-state index in [1.165, 1.54) is 18.2 Å². The fourth-order valence-electron chi connectivity index (χ4n) is 1.34. The molecule has 0 heterocycles. The van der Waals surface area contributed by atoms with Crippen molar-refractivity contribution in [2.75, 3.05) is 0 Å². The van der Waals surface area contributed by atoms with Crippen LogP contribution in [0.3, 0.4) is 0 Å². The second kappa shape index (κ2) is 5.26. The molecule has 1 rings (SSSR count). The molecule has 1 N–H and O–H groups in total. The van der Waals surface area contributed by atoms with E-state index >= 15 is 0 Å². The summed E-state index contributed by atoms with van der Waals surface area (Å²) >= 11 is 0. The van der Waals surface area contributed by atoms with Crippen molar-refractivity contribution in [3.63, 3.8) is 0 Å². The molecule has 0 aliphatic heterocycles. The van der Waals surface area contributed by atoms with Crippen LogP contribution in [-0.2, 0) is 0 Å². The van der Waals surface area contributed by atoms with Gasteiger partial charge >= 0.3 is 0 Å². The Hall–Kier alpha value is -1.89. The Morgan fingerprint density at radius 3 is 2.81 bits per heavy atom. The molecule has 1 aromatic carbocycles. The fraction of sp³-hybridized carbons (Fsp3) is 0.333. The summed E-state index contributed by atoms with van der Waals surface area (Å²) in [5.41, 5.74) is 0.959. The van der Waals surface area contributed by atoms with Crippen molar-refractivity contribution < 1.29 is 9.18 Å². The summed E-state index contributed by atoms with van der Waals surface area (Å²) in [6, 6.07) is 5.42. The van der Waals surface area contributed by atoms with Gasteiger partial charge in [0.1, 0.15) is 11.9 Å². The molecule has 1 atom stereocenters. The predicted molar refractivity (Wildman–Crippen MR) is 58.3 cm³/mol. The van der Waals surface area contributed by atoms with E-state index in [2.05, 4.69) is 5.32 Å². The van der Waals surface area contributed by atoms with Crippen molar-refractivity contribution in [3.8, 4) is 6.07 Å². The van der Waals surface area contributed by atoms with E-state index in [0.29, 0.717) is 17.5 Å². The van der Waals surface area contributed by atoms with Crippen molar-refractivity contribution in [3.05, 3.63) is 35.1 Å². The summed E-state index contributed by atoms with van der Waals surface area (Å²) in [6.07, 6.45) is 0.544. The largest absolute Gasteiger partial charge is 0.336 e. The lowest BCUT2D eigenvalue weighted by molar-refractivity contribution is 0.0944. The van der Waals surface area contributed by atoms with Crippen LogP contribution in [0.1, 0.15) is 29.3 Å². The number of rotatable bonds is 3. The number of aryl methyl sites for hydroxylation is 1. The van der Waals surface area contributed by atoms with Crippen LogP contribution in [0.2, 0.25) is 0 Å². The fourth-order valence-corrected chi connectivity index (χ4v) is 1.34. The van der Waals surface area contributed by atoms with E-state index in [4.69, 9.17) is 5.26 Å². The Bertz CT molecular complexity index is 437. The Kier molecular flexibility index (Phi) is 4.01. The number of nitrogens with zero attached hydrogens (tertiary/aromatic N) is 1. The van der Waals surface area contributed by atoms with E-state index in [-0.39, 0.29) is 11.7 Å². The predicted octanol–water partition coefficient (Wildman–Crippen LogP) is 2.17. The molecule has 0 radical (unpaired) electrons. The topological polar surface area (TPSA) is 52.9 Å². The standard InChI is InChI=1S/C12H13FN2O/c1-3-10(7-14)15-12(16)11-5-4-9(13)6-8(11)2/h4-6,10H,3H2,1-2H3,(H,15,16). The maximum Gasteiger partial charge on any atom is 0.252 e. The third-order valence-electron chi connectivity index (χ3n) is 2.30. The van der Waals surface area contributed by atoms with Crippen LogP contribution in [0.5, 0.6) is 0 Å². The minimum atomic E-state index is -0.503. The highest BCUT2D eigenvalue weighted by Crippen LogP contribution is 2.10. The van der Waals surface area contributed by atoms with Crippen molar-refractivity contribution in [2.24, 2.45) is 0 Å². The lowest BCUT2D eigenvalue weighted by Crippen LogP contribution is -2.33. The number of nitrogens with one attached hydrogen (secondary N) is 1. The molecule has 0 saturated carbocycles. The van der Waals surface area contributed by atoms with Crippen LogP contribution < -0.4 is 5.32 Å². The zero-order chi connectivity index (χ0) is 12.1. The number of amides is 1. The van der Waals surface area contributed by atoms with E-state index < -0.39 is 6.04 Å². The number of nitriles is 1. The van der Waals surface area contributed by atoms with Crippen LogP contribution in [0.25, 0.3) is 0 Å². The van der Waals surface area contributed by atoms with E-state index in [1.54, 1.807) is 6.92 Å². The van der Waals surface area contributed by atoms with Gasteiger partial charge in [-0.1, -0.05) is 6.92 Å². The Morgan fingerprint density at radius 1 is 1.62 bits per heavy atom. The van der Waals surface area contributed by atoms with Crippen molar-refractivity contribution in [1.29, 1.82) is 5.26 Å². The number of hydrogen-bond acceptors (Lipinski definition) is 2. The average molecular weight is 220 g/mol. The molecule has 1 unspecified atom stereocenters. The molecule has 0 spiro atoms. The number of benzene rings is 1. The summed E-state index contributed by atoms with van der Waals surface area (Å²) in [5.74, 6) is -0.715. The normalized spacial score (nSPS) is 11.6. The summed E-state index contributed by atoms with van der Waals surface area (Å²) in [7, 11) is 0. The van der Waals surface area contributed by atoms with Gasteiger partial charge in [-0.15, -0.1) is 0 Å². The lowest BCUT2D eigenvalue weighted by Gasteiger charge is -2.10. The zero-order valence-electron chi connectivity index (χ0n) is 9.25. The summed E-state index contributed by atoms with van der Waals surface area (Å²) in [4.78, 5) is 11.7. The molecule has 4 heteroatoms. The first kappa shape index (κ1) is 12.2. The molecule has 3 nitrogen and oxygen atoms in total. The third kappa shape index (κ3) is 2.80. The summed E-state index contributed by atoms with van der Waals surface area (Å²) in [5, 5.41) is 11.3. The van der Waals surface area contributed by atoms with Gasteiger partial charge < -0.3 is 5.32 Å². The molecule has 0 aliphatic rings. The summed E-state index contributed by atoms with van der Waals surface area (Å²) in [6.45, 7) is 3.47. The number of hydrogen-bond donors (Lipinski definition) is 1. The molecule has 0 aromatic heterocycles. The van der Waals surface area contributed by atoms with Gasteiger partial charge in [0.2, 0.25) is 0 Å². The zero-order valence-corrected chi connectivity index (χ0v) is 9.25. The molecule has 1 amide bonds. The molecular formula is C12H13FN2O. The smallest absolute Gasteiger partial charge is 0.252 e. The second-order valence-corrected chi connectivity index (χ2v) is 3.52. The van der Waals surface area contributed by atoms with E-state index in [1.807, 2.05) is 13.0 Å². The van der Waals surface area contributed by atoms with Gasteiger partial charge in [-0.3, -0.25) is 4.79 Å². The first-order valence-electron chi connectivity index (χ1n) is 5.05. The quantitative estimate of drug-likeness (QED) is 0.848. The lowest BCUT2D eigenvalue weighted by atomic mass is 10.1.